The molecule has 1 saturated heterocycles. The molecule has 6 heteroatoms. The van der Waals surface area contributed by atoms with Crippen molar-refractivity contribution in [3.05, 3.63) is 29.3 Å². The summed E-state index contributed by atoms with van der Waals surface area (Å²) in [6, 6.07) is 5.67. The highest BCUT2D eigenvalue weighted by atomic mass is 35.5. The Bertz CT molecular complexity index is 578. The van der Waals surface area contributed by atoms with Crippen molar-refractivity contribution < 1.29 is 8.42 Å². The van der Waals surface area contributed by atoms with E-state index in [1.807, 2.05) is 26.0 Å². The van der Waals surface area contributed by atoms with E-state index in [-0.39, 0.29) is 18.4 Å². The van der Waals surface area contributed by atoms with Crippen LogP contribution in [0.5, 0.6) is 0 Å². The highest BCUT2D eigenvalue weighted by Gasteiger charge is 2.54. The Balaban J connectivity index is 0.00000133. The second-order valence-electron chi connectivity index (χ2n) is 5.40. The molecule has 1 aliphatic carbocycles. The Kier molecular flexibility index (Phi) is 3.93. The molecule has 0 radical (unpaired) electrons. The minimum Gasteiger partial charge on any atom is -0.316 e. The van der Waals surface area contributed by atoms with Gasteiger partial charge in [0.25, 0.3) is 0 Å². The van der Waals surface area contributed by atoms with Gasteiger partial charge in [-0.2, -0.15) is 0 Å². The molecular weight excluding hydrogens is 284 g/mol. The summed E-state index contributed by atoms with van der Waals surface area (Å²) in [5, 5.41) is 3.26. The van der Waals surface area contributed by atoms with Gasteiger partial charge in [-0.1, -0.05) is 12.1 Å². The van der Waals surface area contributed by atoms with Crippen LogP contribution in [0.2, 0.25) is 0 Å². The zero-order valence-electron chi connectivity index (χ0n) is 11.0. The first-order valence-electron chi connectivity index (χ1n) is 6.29. The van der Waals surface area contributed by atoms with Crippen molar-refractivity contribution >= 4 is 22.4 Å². The summed E-state index contributed by atoms with van der Waals surface area (Å²) >= 11 is 0. The van der Waals surface area contributed by atoms with E-state index in [2.05, 4.69) is 10.0 Å². The molecule has 0 aromatic heterocycles. The Labute approximate surface area is 120 Å². The van der Waals surface area contributed by atoms with Gasteiger partial charge in [-0.3, -0.25) is 0 Å². The molecule has 19 heavy (non-hydrogen) atoms. The lowest BCUT2D eigenvalue weighted by Crippen LogP contribution is -2.32. The first-order chi connectivity index (χ1) is 8.49. The fourth-order valence-electron chi connectivity index (χ4n) is 2.83. The number of halogens is 1. The number of fused-ring (bicyclic) bond motifs is 1. The normalized spacial score (nSPS) is 28.6. The summed E-state index contributed by atoms with van der Waals surface area (Å²) in [5.74, 6) is 0.981. The van der Waals surface area contributed by atoms with Gasteiger partial charge in [0.1, 0.15) is 0 Å². The highest BCUT2D eigenvalue weighted by molar-refractivity contribution is 7.89. The molecule has 2 atom stereocenters. The molecule has 1 aromatic carbocycles. The van der Waals surface area contributed by atoms with Crippen molar-refractivity contribution in [3.63, 3.8) is 0 Å². The van der Waals surface area contributed by atoms with E-state index in [1.54, 1.807) is 6.07 Å². The summed E-state index contributed by atoms with van der Waals surface area (Å²) in [7, 11) is -3.37. The van der Waals surface area contributed by atoms with E-state index >= 15 is 0 Å². The number of piperidine rings is 1. The number of benzene rings is 1. The fraction of sp³-hybridized carbons (Fsp3) is 0.538. The molecule has 0 bridgehead atoms. The predicted molar refractivity (Wildman–Crippen MR) is 77.1 cm³/mol. The smallest absolute Gasteiger partial charge is 0.241 e. The van der Waals surface area contributed by atoms with Crippen LogP contribution < -0.4 is 10.0 Å². The third kappa shape index (κ3) is 2.65. The molecular formula is C13H19ClN2O2S. The lowest BCUT2D eigenvalue weighted by molar-refractivity contribution is 0.564. The van der Waals surface area contributed by atoms with E-state index in [0.29, 0.717) is 16.7 Å². The number of sulfonamides is 1. The summed E-state index contributed by atoms with van der Waals surface area (Å²) < 4.78 is 27.6. The maximum Gasteiger partial charge on any atom is 0.241 e. The minimum atomic E-state index is -3.37. The molecule has 2 unspecified atom stereocenters. The number of rotatable bonds is 3. The van der Waals surface area contributed by atoms with Crippen LogP contribution in [0.1, 0.15) is 11.1 Å². The van der Waals surface area contributed by atoms with E-state index in [1.165, 1.54) is 0 Å². The van der Waals surface area contributed by atoms with Gasteiger partial charge in [0.05, 0.1) is 4.90 Å². The third-order valence-corrected chi connectivity index (χ3v) is 5.62. The number of hydrogen-bond acceptors (Lipinski definition) is 3. The van der Waals surface area contributed by atoms with Crippen molar-refractivity contribution in [3.8, 4) is 0 Å². The zero-order chi connectivity index (χ0) is 12.9. The quantitative estimate of drug-likeness (QED) is 0.883. The molecule has 1 heterocycles. The van der Waals surface area contributed by atoms with Gasteiger partial charge >= 0.3 is 0 Å². The van der Waals surface area contributed by atoms with Crippen molar-refractivity contribution in [2.75, 3.05) is 13.1 Å². The average Bonchev–Trinajstić information content (AvgIpc) is 2.77. The number of aryl methyl sites for hydroxylation is 2. The first kappa shape index (κ1) is 14.8. The molecule has 2 aliphatic rings. The van der Waals surface area contributed by atoms with Gasteiger partial charge in [0.15, 0.2) is 0 Å². The SMILES string of the molecule is Cc1ccc(C)c(S(=O)(=O)NC2C3CNCC32)c1.Cl. The van der Waals surface area contributed by atoms with Crippen molar-refractivity contribution in [2.24, 2.45) is 11.8 Å². The summed E-state index contributed by atoms with van der Waals surface area (Å²) in [6.45, 7) is 5.62. The van der Waals surface area contributed by atoms with Gasteiger partial charge in [-0.15, -0.1) is 12.4 Å². The Hall–Kier alpha value is -0.620. The third-order valence-electron chi connectivity index (χ3n) is 4.02. The molecule has 2 N–H and O–H groups in total. The minimum absolute atomic E-state index is 0. The zero-order valence-corrected chi connectivity index (χ0v) is 12.6. The van der Waals surface area contributed by atoms with Crippen LogP contribution in [0, 0.1) is 25.7 Å². The van der Waals surface area contributed by atoms with Gasteiger partial charge in [-0.05, 0) is 56.0 Å². The fourth-order valence-corrected chi connectivity index (χ4v) is 4.50. The van der Waals surface area contributed by atoms with Crippen LogP contribution in [0.3, 0.4) is 0 Å². The molecule has 3 rings (SSSR count). The Morgan fingerprint density at radius 1 is 1.21 bits per heavy atom. The maximum atomic E-state index is 12.4. The molecule has 4 nitrogen and oxygen atoms in total. The summed E-state index contributed by atoms with van der Waals surface area (Å²) in [6.07, 6.45) is 0. The van der Waals surface area contributed by atoms with Crippen LogP contribution in [0.15, 0.2) is 23.1 Å². The highest BCUT2D eigenvalue weighted by Crippen LogP contribution is 2.42. The molecule has 2 fully saturated rings. The second kappa shape index (κ2) is 5.05. The van der Waals surface area contributed by atoms with Crippen LogP contribution >= 0.6 is 12.4 Å². The largest absolute Gasteiger partial charge is 0.316 e. The van der Waals surface area contributed by atoms with Crippen LogP contribution in [-0.2, 0) is 10.0 Å². The van der Waals surface area contributed by atoms with E-state index in [0.717, 1.165) is 24.2 Å². The standard InChI is InChI=1S/C13H18N2O2S.ClH/c1-8-3-4-9(2)12(5-8)18(16,17)15-13-10-6-14-7-11(10)13;/h3-5,10-11,13-15H,6-7H2,1-2H3;1H. The van der Waals surface area contributed by atoms with Crippen LogP contribution in [-0.4, -0.2) is 27.5 Å². The van der Waals surface area contributed by atoms with E-state index in [4.69, 9.17) is 0 Å². The van der Waals surface area contributed by atoms with Gasteiger partial charge in [0, 0.05) is 6.04 Å². The van der Waals surface area contributed by atoms with Gasteiger partial charge < -0.3 is 5.32 Å². The molecule has 1 aliphatic heterocycles. The van der Waals surface area contributed by atoms with E-state index in [9.17, 15) is 8.42 Å². The Morgan fingerprint density at radius 3 is 2.47 bits per heavy atom. The van der Waals surface area contributed by atoms with Gasteiger partial charge in [-0.25, -0.2) is 13.1 Å². The topological polar surface area (TPSA) is 58.2 Å². The summed E-state index contributed by atoms with van der Waals surface area (Å²) in [4.78, 5) is 0.417. The molecule has 0 spiro atoms. The van der Waals surface area contributed by atoms with E-state index < -0.39 is 10.0 Å². The summed E-state index contributed by atoms with van der Waals surface area (Å²) in [5.41, 5.74) is 1.77. The molecule has 1 saturated carbocycles. The average molecular weight is 303 g/mol. The Morgan fingerprint density at radius 2 is 1.84 bits per heavy atom. The molecule has 0 amide bonds. The van der Waals surface area contributed by atoms with Gasteiger partial charge in [0.2, 0.25) is 10.0 Å². The first-order valence-corrected chi connectivity index (χ1v) is 7.78. The lowest BCUT2D eigenvalue weighted by Gasteiger charge is -2.11. The number of nitrogens with one attached hydrogen (secondary N) is 2. The maximum absolute atomic E-state index is 12.4. The number of hydrogen-bond donors (Lipinski definition) is 2. The molecule has 106 valence electrons. The second-order valence-corrected chi connectivity index (χ2v) is 7.08. The van der Waals surface area contributed by atoms with Crippen LogP contribution in [0.25, 0.3) is 0 Å². The van der Waals surface area contributed by atoms with Crippen molar-refractivity contribution in [1.29, 1.82) is 0 Å². The lowest BCUT2D eigenvalue weighted by atomic mass is 10.2. The van der Waals surface area contributed by atoms with Crippen molar-refractivity contribution in [2.45, 2.75) is 24.8 Å². The monoisotopic (exact) mass is 302 g/mol. The predicted octanol–water partition coefficient (Wildman–Crippen LogP) is 1.22. The van der Waals surface area contributed by atoms with Crippen LogP contribution in [0.4, 0.5) is 0 Å². The molecule has 1 aromatic rings. The van der Waals surface area contributed by atoms with Crippen molar-refractivity contribution in [1.82, 2.24) is 10.0 Å².